The van der Waals surface area contributed by atoms with Crippen molar-refractivity contribution in [2.45, 2.75) is 13.0 Å². The van der Waals surface area contributed by atoms with Gasteiger partial charge in [-0.25, -0.2) is 0 Å². The predicted molar refractivity (Wildman–Crippen MR) is 124 cm³/mol. The fraction of sp³-hybridized carbons (Fsp3) is 0.154. The molecular weight excluding hydrogens is 386 g/mol. The molecule has 0 aliphatic rings. The van der Waals surface area contributed by atoms with Crippen molar-refractivity contribution in [2.24, 2.45) is 0 Å². The van der Waals surface area contributed by atoms with E-state index in [1.54, 1.807) is 26.6 Å². The molecule has 31 heavy (non-hydrogen) atoms. The van der Waals surface area contributed by atoms with Crippen LogP contribution in [0.15, 0.2) is 91.5 Å². The summed E-state index contributed by atoms with van der Waals surface area (Å²) >= 11 is 0. The molecule has 0 saturated heterocycles. The van der Waals surface area contributed by atoms with Gasteiger partial charge in [-0.15, -0.1) is 0 Å². The van der Waals surface area contributed by atoms with Crippen molar-refractivity contribution in [1.82, 2.24) is 9.97 Å². The van der Waals surface area contributed by atoms with Gasteiger partial charge >= 0.3 is 0 Å². The average Bonchev–Trinajstić information content (AvgIpc) is 2.85. The maximum Gasteiger partial charge on any atom is 0.166 e. The van der Waals surface area contributed by atoms with E-state index in [1.165, 1.54) is 0 Å². The Balaban J connectivity index is 1.96. The van der Waals surface area contributed by atoms with Gasteiger partial charge in [0, 0.05) is 18.0 Å². The molecule has 2 aromatic carbocycles. The molecule has 0 spiro atoms. The molecule has 156 valence electrons. The Hall–Kier alpha value is -3.86. The van der Waals surface area contributed by atoms with E-state index in [1.807, 2.05) is 60.9 Å². The zero-order valence-electron chi connectivity index (χ0n) is 17.9. The van der Waals surface area contributed by atoms with Gasteiger partial charge in [0.25, 0.3) is 0 Å². The summed E-state index contributed by atoms with van der Waals surface area (Å²) in [5.74, 6) is 1.41. The molecule has 0 aliphatic heterocycles. The Morgan fingerprint density at radius 2 is 1.39 bits per heavy atom. The minimum Gasteiger partial charge on any atom is -0.493 e. The van der Waals surface area contributed by atoms with Crippen LogP contribution in [0.1, 0.15) is 18.5 Å². The molecule has 1 unspecified atom stereocenters. The fourth-order valence-electron chi connectivity index (χ4n) is 3.95. The first kappa shape index (κ1) is 20.4. The molecule has 0 radical (unpaired) electrons. The minimum atomic E-state index is -0.103. The molecule has 0 bridgehead atoms. The molecule has 0 aliphatic carbocycles. The number of methoxy groups -OCH3 is 2. The molecule has 1 atom stereocenters. The monoisotopic (exact) mass is 411 g/mol. The van der Waals surface area contributed by atoms with Crippen molar-refractivity contribution in [3.63, 3.8) is 0 Å². The van der Waals surface area contributed by atoms with E-state index in [9.17, 15) is 0 Å². The van der Waals surface area contributed by atoms with Crippen LogP contribution in [0.2, 0.25) is 0 Å². The smallest absolute Gasteiger partial charge is 0.166 e. The third-order valence-electron chi connectivity index (χ3n) is 5.32. The molecule has 0 amide bonds. The number of nitrogens with zero attached hydrogens (tertiary/aromatic N) is 3. The minimum absolute atomic E-state index is 0.103. The van der Waals surface area contributed by atoms with E-state index in [2.05, 4.69) is 40.0 Å². The number of rotatable bonds is 7. The highest BCUT2D eigenvalue weighted by Crippen LogP contribution is 2.46. The third kappa shape index (κ3) is 4.08. The second-order valence-corrected chi connectivity index (χ2v) is 7.10. The highest BCUT2D eigenvalue weighted by Gasteiger charge is 2.27. The van der Waals surface area contributed by atoms with Gasteiger partial charge in [-0.2, -0.15) is 0 Å². The summed E-state index contributed by atoms with van der Waals surface area (Å²) in [5, 5.41) is 0. The lowest BCUT2D eigenvalue weighted by molar-refractivity contribution is 0.350. The maximum absolute atomic E-state index is 5.89. The molecule has 4 rings (SSSR count). The van der Waals surface area contributed by atoms with Crippen LogP contribution in [0.5, 0.6) is 11.5 Å². The quantitative estimate of drug-likeness (QED) is 0.370. The van der Waals surface area contributed by atoms with Gasteiger partial charge in [-0.3, -0.25) is 9.97 Å². The second kappa shape index (κ2) is 9.30. The highest BCUT2D eigenvalue weighted by atomic mass is 16.5. The second-order valence-electron chi connectivity index (χ2n) is 7.10. The van der Waals surface area contributed by atoms with Gasteiger partial charge in [-0.1, -0.05) is 36.4 Å². The molecule has 5 heteroatoms. The van der Waals surface area contributed by atoms with Gasteiger partial charge in [0.15, 0.2) is 11.5 Å². The van der Waals surface area contributed by atoms with E-state index >= 15 is 0 Å². The van der Waals surface area contributed by atoms with Crippen LogP contribution >= 0.6 is 0 Å². The molecule has 4 aromatic rings. The Morgan fingerprint density at radius 3 is 1.90 bits per heavy atom. The first-order valence-corrected chi connectivity index (χ1v) is 10.1. The summed E-state index contributed by atoms with van der Waals surface area (Å²) in [6.07, 6.45) is 7.27. The number of aromatic nitrogens is 2. The van der Waals surface area contributed by atoms with Gasteiger partial charge < -0.3 is 14.4 Å². The lowest BCUT2D eigenvalue weighted by atomic mass is 9.92. The summed E-state index contributed by atoms with van der Waals surface area (Å²) in [7, 11) is 3.34. The predicted octanol–water partition coefficient (Wildman–Crippen LogP) is 6.06. The van der Waals surface area contributed by atoms with Crippen LogP contribution in [-0.2, 0) is 0 Å². The van der Waals surface area contributed by atoms with Gasteiger partial charge in [0.2, 0.25) is 0 Å². The summed E-state index contributed by atoms with van der Waals surface area (Å²) in [6, 6.07) is 22.2. The lowest BCUT2D eigenvalue weighted by Gasteiger charge is -2.33. The lowest BCUT2D eigenvalue weighted by Crippen LogP contribution is -2.23. The molecule has 0 N–H and O–H groups in total. The Bertz CT molecular complexity index is 1080. The van der Waals surface area contributed by atoms with E-state index in [4.69, 9.17) is 9.47 Å². The Morgan fingerprint density at radius 1 is 0.742 bits per heavy atom. The normalized spacial score (nSPS) is 11.6. The van der Waals surface area contributed by atoms with Gasteiger partial charge in [0.1, 0.15) is 0 Å². The standard InChI is InChI=1S/C26H25N3O2/c1-19(29(21-11-7-15-27-17-21)22-12-8-16-28-18-22)25-23(20-9-5-4-6-10-20)13-14-24(30-2)26(25)31-3/h4-19H,1-3H3. The largest absolute Gasteiger partial charge is 0.493 e. The van der Waals surface area contributed by atoms with E-state index in [-0.39, 0.29) is 6.04 Å². The van der Waals surface area contributed by atoms with Crippen LogP contribution in [-0.4, -0.2) is 24.2 Å². The number of anilines is 2. The molecule has 2 aromatic heterocycles. The topological polar surface area (TPSA) is 47.5 Å². The number of hydrogen-bond acceptors (Lipinski definition) is 5. The van der Waals surface area contributed by atoms with Crippen molar-refractivity contribution < 1.29 is 9.47 Å². The molecule has 0 fully saturated rings. The van der Waals surface area contributed by atoms with Crippen molar-refractivity contribution in [3.05, 3.63) is 97.1 Å². The summed E-state index contributed by atoms with van der Waals surface area (Å²) in [6.45, 7) is 2.16. The molecule has 2 heterocycles. The average molecular weight is 412 g/mol. The third-order valence-corrected chi connectivity index (χ3v) is 5.32. The molecule has 5 nitrogen and oxygen atoms in total. The van der Waals surface area contributed by atoms with E-state index < -0.39 is 0 Å². The van der Waals surface area contributed by atoms with E-state index in [0.29, 0.717) is 11.5 Å². The molecular formula is C26H25N3O2. The van der Waals surface area contributed by atoms with Gasteiger partial charge in [-0.05, 0) is 48.4 Å². The zero-order valence-corrected chi connectivity index (χ0v) is 17.9. The van der Waals surface area contributed by atoms with Crippen molar-refractivity contribution in [2.75, 3.05) is 19.1 Å². The van der Waals surface area contributed by atoms with E-state index in [0.717, 1.165) is 28.1 Å². The SMILES string of the molecule is COc1ccc(-c2ccccc2)c(C(C)N(c2cccnc2)c2cccnc2)c1OC. The first-order chi connectivity index (χ1) is 15.2. The van der Waals surface area contributed by atoms with Crippen molar-refractivity contribution in [3.8, 4) is 22.6 Å². The highest BCUT2D eigenvalue weighted by molar-refractivity contribution is 5.76. The number of pyridine rings is 2. The number of ether oxygens (including phenoxy) is 2. The Labute approximate surface area is 182 Å². The fourth-order valence-corrected chi connectivity index (χ4v) is 3.95. The van der Waals surface area contributed by atoms with Crippen LogP contribution in [0.4, 0.5) is 11.4 Å². The van der Waals surface area contributed by atoms with Gasteiger partial charge in [0.05, 0.1) is 44.0 Å². The summed E-state index contributed by atoms with van der Waals surface area (Å²) in [4.78, 5) is 10.9. The van der Waals surface area contributed by atoms with Crippen LogP contribution in [0.25, 0.3) is 11.1 Å². The van der Waals surface area contributed by atoms with Crippen LogP contribution in [0, 0.1) is 0 Å². The van der Waals surface area contributed by atoms with Crippen molar-refractivity contribution in [1.29, 1.82) is 0 Å². The maximum atomic E-state index is 5.89. The summed E-state index contributed by atoms with van der Waals surface area (Å²) < 4.78 is 11.5. The number of hydrogen-bond donors (Lipinski definition) is 0. The Kier molecular flexibility index (Phi) is 6.13. The summed E-state index contributed by atoms with van der Waals surface area (Å²) in [5.41, 5.74) is 5.16. The zero-order chi connectivity index (χ0) is 21.6. The first-order valence-electron chi connectivity index (χ1n) is 10.1. The number of benzene rings is 2. The van der Waals surface area contributed by atoms with Crippen molar-refractivity contribution >= 4 is 11.4 Å². The molecule has 0 saturated carbocycles. The van der Waals surface area contributed by atoms with Crippen LogP contribution < -0.4 is 14.4 Å². The van der Waals surface area contributed by atoms with Crippen LogP contribution in [0.3, 0.4) is 0 Å².